The minimum atomic E-state index is -0.939. The van der Waals surface area contributed by atoms with Crippen LogP contribution in [-0.4, -0.2) is 11.7 Å². The number of nitrogens with two attached hydrogens (primary N) is 1. The van der Waals surface area contributed by atoms with Crippen LogP contribution in [0.5, 0.6) is 0 Å². The first-order valence-electron chi connectivity index (χ1n) is 4.32. The van der Waals surface area contributed by atoms with Gasteiger partial charge in [0.2, 0.25) is 0 Å². The largest absolute Gasteiger partial charge is 0.387 e. The number of rotatable bonds is 2. The van der Waals surface area contributed by atoms with E-state index in [1.54, 1.807) is 19.9 Å². The monoisotopic (exact) mass is 261 g/mol. The third kappa shape index (κ3) is 1.97. The molecule has 0 heterocycles. The summed E-state index contributed by atoms with van der Waals surface area (Å²) in [6, 6.07) is 1.69. The molecule has 0 aliphatic carbocycles. The van der Waals surface area contributed by atoms with Crippen LogP contribution in [0.25, 0.3) is 0 Å². The molecular weight excluding hydrogens is 249 g/mol. The molecule has 3 N–H and O–H groups in total. The molecule has 1 unspecified atom stereocenters. The van der Waals surface area contributed by atoms with E-state index in [0.717, 1.165) is 4.47 Å². The molecule has 0 radical (unpaired) electrons. The second-order valence-corrected chi connectivity index (χ2v) is 4.13. The fourth-order valence-electron chi connectivity index (χ4n) is 1.38. The first-order valence-corrected chi connectivity index (χ1v) is 5.11. The Morgan fingerprint density at radius 3 is 2.64 bits per heavy atom. The number of hydrogen-bond donors (Lipinski definition) is 2. The molecule has 0 saturated heterocycles. The first-order chi connectivity index (χ1) is 6.49. The number of hydrogen-bond acceptors (Lipinski definition) is 2. The lowest BCUT2D eigenvalue weighted by atomic mass is 10.00. The van der Waals surface area contributed by atoms with Crippen molar-refractivity contribution in [1.29, 1.82) is 0 Å². The van der Waals surface area contributed by atoms with Crippen molar-refractivity contribution in [3.8, 4) is 0 Å². The Hall–Kier alpha value is -0.450. The molecule has 4 heteroatoms. The summed E-state index contributed by atoms with van der Waals surface area (Å²) in [6.07, 6.45) is -0.939. The van der Waals surface area contributed by atoms with Crippen molar-refractivity contribution in [2.24, 2.45) is 5.73 Å². The molecule has 0 fully saturated rings. The lowest BCUT2D eigenvalue weighted by molar-refractivity contribution is 0.180. The minimum Gasteiger partial charge on any atom is -0.387 e. The Bertz CT molecular complexity index is 328. The van der Waals surface area contributed by atoms with Gasteiger partial charge >= 0.3 is 0 Å². The lowest BCUT2D eigenvalue weighted by Crippen LogP contribution is -2.15. The third-order valence-corrected chi connectivity index (χ3v) is 3.07. The normalized spacial score (nSPS) is 13.0. The molecule has 0 amide bonds. The predicted octanol–water partition coefficient (Wildman–Crippen LogP) is 2.20. The van der Waals surface area contributed by atoms with Gasteiger partial charge in [-0.1, -0.05) is 15.9 Å². The van der Waals surface area contributed by atoms with Gasteiger partial charge in [0.1, 0.15) is 5.82 Å². The highest BCUT2D eigenvalue weighted by Gasteiger charge is 2.18. The molecule has 2 nitrogen and oxygen atoms in total. The number of aliphatic hydroxyl groups is 1. The molecule has 0 aromatic heterocycles. The molecule has 0 bridgehead atoms. The van der Waals surface area contributed by atoms with Crippen LogP contribution in [0, 0.1) is 19.7 Å². The van der Waals surface area contributed by atoms with Gasteiger partial charge in [-0.2, -0.15) is 0 Å². The van der Waals surface area contributed by atoms with Crippen LogP contribution in [0.4, 0.5) is 4.39 Å². The Morgan fingerprint density at radius 2 is 2.14 bits per heavy atom. The topological polar surface area (TPSA) is 46.2 Å². The highest BCUT2D eigenvalue weighted by Crippen LogP contribution is 2.29. The zero-order valence-electron chi connectivity index (χ0n) is 8.14. The summed E-state index contributed by atoms with van der Waals surface area (Å²) in [6.45, 7) is 3.43. The van der Waals surface area contributed by atoms with Gasteiger partial charge in [-0.25, -0.2) is 4.39 Å². The molecule has 1 aromatic rings. The van der Waals surface area contributed by atoms with Gasteiger partial charge in [0.15, 0.2) is 0 Å². The molecule has 0 aliphatic heterocycles. The van der Waals surface area contributed by atoms with Gasteiger partial charge in [-0.3, -0.25) is 0 Å². The summed E-state index contributed by atoms with van der Waals surface area (Å²) in [7, 11) is 0. The molecule has 14 heavy (non-hydrogen) atoms. The average Bonchev–Trinajstić information content (AvgIpc) is 2.15. The molecule has 78 valence electrons. The van der Waals surface area contributed by atoms with Crippen molar-refractivity contribution >= 4 is 15.9 Å². The van der Waals surface area contributed by atoms with Gasteiger partial charge in [0.05, 0.1) is 6.10 Å². The standard InChI is InChI=1S/C10H13BrFNO/c1-5-3-7(11)6(2)9(10(5)12)8(14)4-13/h3,8,14H,4,13H2,1-2H3. The number of benzene rings is 1. The molecule has 0 saturated carbocycles. The number of aryl methyl sites for hydroxylation is 1. The predicted molar refractivity (Wildman–Crippen MR) is 57.6 cm³/mol. The van der Waals surface area contributed by atoms with E-state index in [0.29, 0.717) is 16.7 Å². The van der Waals surface area contributed by atoms with Gasteiger partial charge in [-0.05, 0) is 31.0 Å². The van der Waals surface area contributed by atoms with Crippen LogP contribution in [0.1, 0.15) is 22.8 Å². The van der Waals surface area contributed by atoms with E-state index in [1.165, 1.54) is 0 Å². The Morgan fingerprint density at radius 1 is 1.57 bits per heavy atom. The zero-order valence-corrected chi connectivity index (χ0v) is 9.73. The molecular formula is C10H13BrFNO. The van der Waals surface area contributed by atoms with E-state index in [1.807, 2.05) is 0 Å². The van der Waals surface area contributed by atoms with Crippen molar-refractivity contribution in [3.05, 3.63) is 33.0 Å². The number of aliphatic hydroxyl groups excluding tert-OH is 1. The Balaban J connectivity index is 3.39. The quantitative estimate of drug-likeness (QED) is 0.858. The third-order valence-electron chi connectivity index (χ3n) is 2.24. The van der Waals surface area contributed by atoms with Crippen molar-refractivity contribution < 1.29 is 9.50 Å². The van der Waals surface area contributed by atoms with Crippen LogP contribution in [0.15, 0.2) is 10.5 Å². The Labute approximate surface area is 91.1 Å². The van der Waals surface area contributed by atoms with Crippen LogP contribution in [-0.2, 0) is 0 Å². The second kappa shape index (κ2) is 4.38. The van der Waals surface area contributed by atoms with E-state index in [4.69, 9.17) is 5.73 Å². The van der Waals surface area contributed by atoms with E-state index in [9.17, 15) is 9.50 Å². The van der Waals surface area contributed by atoms with Crippen molar-refractivity contribution in [1.82, 2.24) is 0 Å². The average molecular weight is 262 g/mol. The molecule has 0 aliphatic rings. The highest BCUT2D eigenvalue weighted by atomic mass is 79.9. The maximum Gasteiger partial charge on any atom is 0.132 e. The summed E-state index contributed by atoms with van der Waals surface area (Å²) in [5.41, 5.74) is 6.81. The van der Waals surface area contributed by atoms with Crippen molar-refractivity contribution in [3.63, 3.8) is 0 Å². The van der Waals surface area contributed by atoms with Gasteiger partial charge in [-0.15, -0.1) is 0 Å². The summed E-state index contributed by atoms with van der Waals surface area (Å²) >= 11 is 3.31. The second-order valence-electron chi connectivity index (χ2n) is 3.28. The lowest BCUT2D eigenvalue weighted by Gasteiger charge is -2.15. The minimum absolute atomic E-state index is 0.0215. The maximum atomic E-state index is 13.6. The van der Waals surface area contributed by atoms with Crippen LogP contribution >= 0.6 is 15.9 Å². The molecule has 1 aromatic carbocycles. The van der Waals surface area contributed by atoms with E-state index in [2.05, 4.69) is 15.9 Å². The summed E-state index contributed by atoms with van der Waals surface area (Å²) in [4.78, 5) is 0. The van der Waals surface area contributed by atoms with Gasteiger partial charge in [0, 0.05) is 16.6 Å². The van der Waals surface area contributed by atoms with Crippen LogP contribution in [0.3, 0.4) is 0 Å². The maximum absolute atomic E-state index is 13.6. The number of halogens is 2. The summed E-state index contributed by atoms with van der Waals surface area (Å²) < 4.78 is 14.4. The highest BCUT2D eigenvalue weighted by molar-refractivity contribution is 9.10. The Kier molecular flexibility index (Phi) is 3.64. The fraction of sp³-hybridized carbons (Fsp3) is 0.400. The summed E-state index contributed by atoms with van der Waals surface area (Å²) in [5, 5.41) is 9.55. The van der Waals surface area contributed by atoms with Crippen LogP contribution < -0.4 is 5.73 Å². The first kappa shape index (κ1) is 11.6. The smallest absolute Gasteiger partial charge is 0.132 e. The van der Waals surface area contributed by atoms with E-state index >= 15 is 0 Å². The zero-order chi connectivity index (χ0) is 10.9. The van der Waals surface area contributed by atoms with Crippen LogP contribution in [0.2, 0.25) is 0 Å². The van der Waals surface area contributed by atoms with Crippen molar-refractivity contribution in [2.45, 2.75) is 20.0 Å². The molecule has 0 spiro atoms. The summed E-state index contributed by atoms with van der Waals surface area (Å²) in [5.74, 6) is -0.372. The van der Waals surface area contributed by atoms with Gasteiger partial charge in [0.25, 0.3) is 0 Å². The fourth-order valence-corrected chi connectivity index (χ4v) is 1.94. The molecule has 1 atom stereocenters. The SMILES string of the molecule is Cc1cc(Br)c(C)c(C(O)CN)c1F. The van der Waals surface area contributed by atoms with E-state index in [-0.39, 0.29) is 12.4 Å². The van der Waals surface area contributed by atoms with Crippen molar-refractivity contribution in [2.75, 3.05) is 6.54 Å². The van der Waals surface area contributed by atoms with E-state index < -0.39 is 6.10 Å². The van der Waals surface area contributed by atoms with Gasteiger partial charge < -0.3 is 10.8 Å². The molecule has 1 rings (SSSR count).